The molecule has 0 aromatic heterocycles. The first kappa shape index (κ1) is 39.3. The van der Waals surface area contributed by atoms with Crippen molar-refractivity contribution < 1.29 is 47.4 Å². The second kappa shape index (κ2) is 34.8. The van der Waals surface area contributed by atoms with Crippen LogP contribution in [0.15, 0.2) is 0 Å². The Kier molecular flexibility index (Phi) is 33.3. The number of rotatable bonds is 34. The lowest BCUT2D eigenvalue weighted by Gasteiger charge is -2.22. The van der Waals surface area contributed by atoms with E-state index in [0.717, 1.165) is 39.0 Å². The molecule has 1 aliphatic heterocycles. The summed E-state index contributed by atoms with van der Waals surface area (Å²) in [7, 11) is 0. The maximum absolute atomic E-state index is 5.79. The maximum atomic E-state index is 5.79. The normalized spacial score (nSPS) is 14.3. The molecular formula is C29H58INO10. The smallest absolute Gasteiger partial charge is 0.0704 e. The molecule has 0 aliphatic carbocycles. The highest BCUT2D eigenvalue weighted by molar-refractivity contribution is 14.1. The molecule has 0 radical (unpaired) electrons. The molecule has 0 bridgehead atoms. The Labute approximate surface area is 262 Å². The van der Waals surface area contributed by atoms with Crippen molar-refractivity contribution >= 4 is 22.6 Å². The third-order valence-corrected chi connectivity index (χ3v) is 6.78. The lowest BCUT2D eigenvalue weighted by atomic mass is 10.1. The van der Waals surface area contributed by atoms with E-state index in [9.17, 15) is 0 Å². The Balaban J connectivity index is 1.60. The van der Waals surface area contributed by atoms with Crippen molar-refractivity contribution in [3.63, 3.8) is 0 Å². The number of hydrogen-bond acceptors (Lipinski definition) is 11. The molecular weight excluding hydrogens is 649 g/mol. The molecule has 0 aromatic carbocycles. The van der Waals surface area contributed by atoms with E-state index in [1.807, 2.05) is 0 Å². The van der Waals surface area contributed by atoms with Gasteiger partial charge in [0.2, 0.25) is 0 Å². The van der Waals surface area contributed by atoms with E-state index >= 15 is 0 Å². The van der Waals surface area contributed by atoms with Crippen molar-refractivity contribution in [3.05, 3.63) is 0 Å². The summed E-state index contributed by atoms with van der Waals surface area (Å²) in [5.74, 6) is 0. The van der Waals surface area contributed by atoms with Gasteiger partial charge in [0.1, 0.15) is 0 Å². The monoisotopic (exact) mass is 707 g/mol. The summed E-state index contributed by atoms with van der Waals surface area (Å²) in [6.45, 7) is 13.1. The van der Waals surface area contributed by atoms with Crippen LogP contribution in [0.2, 0.25) is 0 Å². The number of nitrogens with one attached hydrogen (secondary N) is 1. The zero-order chi connectivity index (χ0) is 29.2. The summed E-state index contributed by atoms with van der Waals surface area (Å²) in [5.41, 5.74) is 0. The van der Waals surface area contributed by atoms with Gasteiger partial charge in [-0.2, -0.15) is 0 Å². The van der Waals surface area contributed by atoms with Crippen LogP contribution >= 0.6 is 22.6 Å². The predicted octanol–water partition coefficient (Wildman–Crippen LogP) is 2.90. The van der Waals surface area contributed by atoms with Gasteiger partial charge < -0.3 is 52.7 Å². The van der Waals surface area contributed by atoms with Crippen molar-refractivity contribution in [2.45, 2.75) is 44.6 Å². The summed E-state index contributed by atoms with van der Waals surface area (Å²) in [6, 6.07) is 0. The van der Waals surface area contributed by atoms with Gasteiger partial charge in [-0.3, -0.25) is 0 Å². The van der Waals surface area contributed by atoms with Gasteiger partial charge in [-0.1, -0.05) is 35.4 Å². The molecule has 11 nitrogen and oxygen atoms in total. The molecule has 1 fully saturated rings. The van der Waals surface area contributed by atoms with Gasteiger partial charge in [0, 0.05) is 6.61 Å². The van der Waals surface area contributed by atoms with E-state index in [-0.39, 0.29) is 0 Å². The molecule has 1 N–H and O–H groups in total. The molecule has 1 saturated heterocycles. The Hall–Kier alpha value is 0.290. The molecule has 1 rings (SSSR count). The molecule has 0 saturated carbocycles. The van der Waals surface area contributed by atoms with Crippen molar-refractivity contribution in [3.8, 4) is 0 Å². The van der Waals surface area contributed by atoms with Crippen LogP contribution in [0.5, 0.6) is 0 Å². The second-order valence-electron chi connectivity index (χ2n) is 9.43. The van der Waals surface area contributed by atoms with Crippen LogP contribution in [-0.4, -0.2) is 149 Å². The quantitative estimate of drug-likeness (QED) is 0.0607. The van der Waals surface area contributed by atoms with E-state index in [1.54, 1.807) is 0 Å². The van der Waals surface area contributed by atoms with E-state index in [0.29, 0.717) is 125 Å². The SMILES string of the molecule is ICCCCCCOCCOCCOCCOCCOCCOCCOCCOCCOCCOC1CCNCC1. The molecule has 41 heavy (non-hydrogen) atoms. The third-order valence-electron chi connectivity index (χ3n) is 6.02. The van der Waals surface area contributed by atoms with Gasteiger partial charge in [0.05, 0.1) is 125 Å². The summed E-state index contributed by atoms with van der Waals surface area (Å²) in [5, 5.41) is 3.33. The summed E-state index contributed by atoms with van der Waals surface area (Å²) in [6.07, 6.45) is 7.54. The Bertz CT molecular complexity index is 493. The molecule has 0 spiro atoms. The Morgan fingerprint density at radius 1 is 0.390 bits per heavy atom. The molecule has 12 heteroatoms. The van der Waals surface area contributed by atoms with Crippen molar-refractivity contribution in [2.75, 3.05) is 143 Å². The van der Waals surface area contributed by atoms with Crippen LogP contribution in [0.3, 0.4) is 0 Å². The first-order valence-corrected chi connectivity index (χ1v) is 17.0. The van der Waals surface area contributed by atoms with Crippen LogP contribution in [0.25, 0.3) is 0 Å². The van der Waals surface area contributed by atoms with Gasteiger partial charge in [0.25, 0.3) is 0 Å². The first-order valence-electron chi connectivity index (χ1n) is 15.5. The van der Waals surface area contributed by atoms with Gasteiger partial charge in [-0.05, 0) is 43.2 Å². The lowest BCUT2D eigenvalue weighted by molar-refractivity contribution is -0.0321. The fourth-order valence-corrected chi connectivity index (χ4v) is 4.29. The average Bonchev–Trinajstić information content (AvgIpc) is 3.00. The predicted molar refractivity (Wildman–Crippen MR) is 167 cm³/mol. The molecule has 0 atom stereocenters. The van der Waals surface area contributed by atoms with Gasteiger partial charge >= 0.3 is 0 Å². The highest BCUT2D eigenvalue weighted by Gasteiger charge is 2.12. The van der Waals surface area contributed by atoms with Gasteiger partial charge in [-0.15, -0.1) is 0 Å². The average molecular weight is 708 g/mol. The fraction of sp³-hybridized carbons (Fsp3) is 1.00. The first-order chi connectivity index (χ1) is 20.4. The highest BCUT2D eigenvalue weighted by Crippen LogP contribution is 2.06. The minimum atomic E-state index is 0.378. The standard InChI is InChI=1S/C29H58INO10/c30-7-3-1-2-4-10-32-11-12-33-13-14-34-15-16-35-17-18-36-19-20-37-21-22-38-23-24-39-25-26-40-27-28-41-29-5-8-31-9-6-29/h29,31H,1-28H2. The van der Waals surface area contributed by atoms with Crippen LogP contribution in [-0.2, 0) is 47.4 Å². The highest BCUT2D eigenvalue weighted by atomic mass is 127. The number of hydrogen-bond donors (Lipinski definition) is 1. The van der Waals surface area contributed by atoms with Crippen LogP contribution < -0.4 is 5.32 Å². The molecule has 0 amide bonds. The number of piperidine rings is 1. The van der Waals surface area contributed by atoms with Crippen molar-refractivity contribution in [1.82, 2.24) is 5.32 Å². The summed E-state index contributed by atoms with van der Waals surface area (Å²) >= 11 is 2.42. The van der Waals surface area contributed by atoms with E-state index in [1.165, 1.54) is 23.7 Å². The maximum Gasteiger partial charge on any atom is 0.0704 e. The Morgan fingerprint density at radius 3 is 1.07 bits per heavy atom. The zero-order valence-electron chi connectivity index (χ0n) is 25.3. The topological polar surface area (TPSA) is 104 Å². The molecule has 0 aromatic rings. The minimum Gasteiger partial charge on any atom is -0.379 e. The summed E-state index contributed by atoms with van der Waals surface area (Å²) in [4.78, 5) is 0. The van der Waals surface area contributed by atoms with Crippen LogP contribution in [0.1, 0.15) is 38.5 Å². The second-order valence-corrected chi connectivity index (χ2v) is 10.5. The molecule has 1 heterocycles. The van der Waals surface area contributed by atoms with Crippen LogP contribution in [0, 0.1) is 0 Å². The van der Waals surface area contributed by atoms with E-state index in [2.05, 4.69) is 27.9 Å². The molecule has 1 aliphatic rings. The number of unbranched alkanes of at least 4 members (excludes halogenated alkanes) is 3. The summed E-state index contributed by atoms with van der Waals surface area (Å²) < 4.78 is 56.6. The lowest BCUT2D eigenvalue weighted by Crippen LogP contribution is -2.33. The van der Waals surface area contributed by atoms with Gasteiger partial charge in [-0.25, -0.2) is 0 Å². The zero-order valence-corrected chi connectivity index (χ0v) is 27.5. The minimum absolute atomic E-state index is 0.378. The number of ether oxygens (including phenoxy) is 10. The van der Waals surface area contributed by atoms with Crippen molar-refractivity contribution in [1.29, 1.82) is 0 Å². The molecule has 0 unspecified atom stereocenters. The van der Waals surface area contributed by atoms with Crippen LogP contribution in [0.4, 0.5) is 0 Å². The molecule has 246 valence electrons. The van der Waals surface area contributed by atoms with Crippen molar-refractivity contribution in [2.24, 2.45) is 0 Å². The number of halogens is 1. The Morgan fingerprint density at radius 2 is 0.707 bits per heavy atom. The van der Waals surface area contributed by atoms with Gasteiger partial charge in [0.15, 0.2) is 0 Å². The third kappa shape index (κ3) is 31.5. The van der Waals surface area contributed by atoms with E-state index < -0.39 is 0 Å². The fourth-order valence-electron chi connectivity index (χ4n) is 3.75. The number of alkyl halides is 1. The van der Waals surface area contributed by atoms with E-state index in [4.69, 9.17) is 47.4 Å². The largest absolute Gasteiger partial charge is 0.379 e.